The molecule has 0 aliphatic rings. The highest BCUT2D eigenvalue weighted by molar-refractivity contribution is 6.71. The maximum absolute atomic E-state index is 5.87. The lowest BCUT2D eigenvalue weighted by Crippen LogP contribution is -2.31. The molecule has 4 heteroatoms. The second-order valence-electron chi connectivity index (χ2n) is 5.36. The summed E-state index contributed by atoms with van der Waals surface area (Å²) >= 11 is 0. The molecule has 0 unspecified atom stereocenters. The molecule has 0 N–H and O–H groups in total. The molecular weight excluding hydrogens is 208 g/mol. The predicted octanol–water partition coefficient (Wildman–Crippen LogP) is 3.94. The number of hydrogen-bond acceptors (Lipinski definition) is 2. The summed E-state index contributed by atoms with van der Waals surface area (Å²) in [6.45, 7) is 15.1. The Bertz CT molecular complexity index is 181. The van der Waals surface area contributed by atoms with Gasteiger partial charge in [0.25, 0.3) is 0 Å². The molecule has 0 radical (unpaired) electrons. The van der Waals surface area contributed by atoms with E-state index < -0.39 is 16.6 Å². The minimum absolute atomic E-state index is 0.755. The molecular formula is C10H24O2Si2. The third-order valence-corrected chi connectivity index (χ3v) is 2.81. The summed E-state index contributed by atoms with van der Waals surface area (Å²) in [4.78, 5) is 0. The standard InChI is InChI=1S/C10H24O2Si2/c1-8-9-10(11-13(2,3)4)12-14(5,6)7/h9H,8H2,1-7H3. The van der Waals surface area contributed by atoms with Crippen LogP contribution in [0.5, 0.6) is 0 Å². The lowest BCUT2D eigenvalue weighted by atomic mass is 10.5. The highest BCUT2D eigenvalue weighted by Gasteiger charge is 2.23. The van der Waals surface area contributed by atoms with Crippen molar-refractivity contribution in [3.05, 3.63) is 12.0 Å². The van der Waals surface area contributed by atoms with Gasteiger partial charge in [0.1, 0.15) is 0 Å². The van der Waals surface area contributed by atoms with Gasteiger partial charge in [0.15, 0.2) is 0 Å². The molecule has 0 aromatic heterocycles. The molecule has 0 fully saturated rings. The summed E-state index contributed by atoms with van der Waals surface area (Å²) in [5.74, 6) is 0.755. The Labute approximate surface area is 90.6 Å². The third-order valence-electron chi connectivity index (χ3n) is 1.18. The normalized spacial score (nSPS) is 12.2. The Balaban J connectivity index is 4.41. The van der Waals surface area contributed by atoms with Crippen molar-refractivity contribution in [1.82, 2.24) is 0 Å². The summed E-state index contributed by atoms with van der Waals surface area (Å²) in [6, 6.07) is 0. The molecule has 14 heavy (non-hydrogen) atoms. The summed E-state index contributed by atoms with van der Waals surface area (Å²) in [6.07, 6.45) is 3.00. The van der Waals surface area contributed by atoms with E-state index in [0.717, 1.165) is 12.4 Å². The Kier molecular flexibility index (Phi) is 4.94. The maximum Gasteiger partial charge on any atom is 0.247 e. The van der Waals surface area contributed by atoms with Gasteiger partial charge < -0.3 is 8.85 Å². The Morgan fingerprint density at radius 3 is 1.50 bits per heavy atom. The van der Waals surface area contributed by atoms with Crippen LogP contribution in [0.1, 0.15) is 13.3 Å². The molecule has 0 heterocycles. The second kappa shape index (κ2) is 5.02. The lowest BCUT2D eigenvalue weighted by Gasteiger charge is -2.27. The van der Waals surface area contributed by atoms with Gasteiger partial charge >= 0.3 is 0 Å². The molecule has 0 aromatic rings. The van der Waals surface area contributed by atoms with E-state index in [1.165, 1.54) is 0 Å². The molecule has 0 rings (SSSR count). The van der Waals surface area contributed by atoms with Crippen LogP contribution in [-0.2, 0) is 8.85 Å². The van der Waals surface area contributed by atoms with Gasteiger partial charge in [-0.2, -0.15) is 0 Å². The predicted molar refractivity (Wildman–Crippen MR) is 67.2 cm³/mol. The molecule has 0 saturated carbocycles. The molecule has 0 atom stereocenters. The van der Waals surface area contributed by atoms with Gasteiger partial charge in [0.2, 0.25) is 22.6 Å². The van der Waals surface area contributed by atoms with Crippen LogP contribution in [0, 0.1) is 0 Å². The van der Waals surface area contributed by atoms with Crippen molar-refractivity contribution in [2.75, 3.05) is 0 Å². The van der Waals surface area contributed by atoms with Gasteiger partial charge in [-0.25, -0.2) is 0 Å². The van der Waals surface area contributed by atoms with Crippen LogP contribution in [0.3, 0.4) is 0 Å². The van der Waals surface area contributed by atoms with E-state index in [4.69, 9.17) is 8.85 Å². The van der Waals surface area contributed by atoms with Crippen molar-refractivity contribution in [1.29, 1.82) is 0 Å². The SMILES string of the molecule is CCC=C(O[Si](C)(C)C)O[Si](C)(C)C. The first kappa shape index (κ1) is 13.8. The molecule has 0 aromatic carbocycles. The summed E-state index contributed by atoms with van der Waals surface area (Å²) in [5, 5.41) is 0. The van der Waals surface area contributed by atoms with E-state index in [2.05, 4.69) is 46.2 Å². The highest BCUT2D eigenvalue weighted by atomic mass is 28.4. The molecule has 0 amide bonds. The molecule has 0 aliphatic carbocycles. The summed E-state index contributed by atoms with van der Waals surface area (Å²) in [5.41, 5.74) is 0. The van der Waals surface area contributed by atoms with Gasteiger partial charge in [-0.05, 0) is 51.8 Å². The number of rotatable bonds is 5. The van der Waals surface area contributed by atoms with Crippen LogP contribution in [0.15, 0.2) is 12.0 Å². The molecule has 0 saturated heterocycles. The van der Waals surface area contributed by atoms with E-state index in [0.29, 0.717) is 0 Å². The smallest absolute Gasteiger partial charge is 0.247 e. The van der Waals surface area contributed by atoms with Gasteiger partial charge in [-0.15, -0.1) is 0 Å². The zero-order valence-corrected chi connectivity index (χ0v) is 12.6. The fourth-order valence-electron chi connectivity index (χ4n) is 0.874. The fourth-order valence-corrected chi connectivity index (χ4v) is 2.41. The quantitative estimate of drug-likeness (QED) is 0.528. The first-order valence-corrected chi connectivity index (χ1v) is 12.0. The van der Waals surface area contributed by atoms with Crippen molar-refractivity contribution < 1.29 is 8.85 Å². The van der Waals surface area contributed by atoms with Crippen LogP contribution in [0.2, 0.25) is 39.3 Å². The van der Waals surface area contributed by atoms with Crippen LogP contribution >= 0.6 is 0 Å². The van der Waals surface area contributed by atoms with Crippen LogP contribution in [-0.4, -0.2) is 16.6 Å². The van der Waals surface area contributed by atoms with Crippen molar-refractivity contribution >= 4 is 16.6 Å². The van der Waals surface area contributed by atoms with Crippen molar-refractivity contribution in [3.8, 4) is 0 Å². The van der Waals surface area contributed by atoms with Gasteiger partial charge in [-0.1, -0.05) is 6.92 Å². The third kappa shape index (κ3) is 8.38. The lowest BCUT2D eigenvalue weighted by molar-refractivity contribution is 0.214. The molecule has 0 bridgehead atoms. The van der Waals surface area contributed by atoms with E-state index in [1.807, 2.05) is 6.08 Å². The van der Waals surface area contributed by atoms with E-state index in [9.17, 15) is 0 Å². The van der Waals surface area contributed by atoms with Crippen molar-refractivity contribution in [2.24, 2.45) is 0 Å². The zero-order valence-electron chi connectivity index (χ0n) is 10.6. The van der Waals surface area contributed by atoms with Gasteiger partial charge in [-0.3, -0.25) is 0 Å². The fraction of sp³-hybridized carbons (Fsp3) is 0.800. The Hall–Kier alpha value is -0.226. The average molecular weight is 232 g/mol. The molecule has 0 spiro atoms. The first-order valence-electron chi connectivity index (χ1n) is 5.22. The topological polar surface area (TPSA) is 18.5 Å². The van der Waals surface area contributed by atoms with E-state index in [1.54, 1.807) is 0 Å². The Morgan fingerprint density at radius 1 is 0.929 bits per heavy atom. The summed E-state index contributed by atoms with van der Waals surface area (Å²) < 4.78 is 11.7. The van der Waals surface area contributed by atoms with E-state index in [-0.39, 0.29) is 0 Å². The Morgan fingerprint density at radius 2 is 1.29 bits per heavy atom. The van der Waals surface area contributed by atoms with Crippen molar-refractivity contribution in [3.63, 3.8) is 0 Å². The van der Waals surface area contributed by atoms with Crippen LogP contribution in [0.25, 0.3) is 0 Å². The van der Waals surface area contributed by atoms with Crippen LogP contribution in [0.4, 0.5) is 0 Å². The van der Waals surface area contributed by atoms with E-state index >= 15 is 0 Å². The second-order valence-corrected chi connectivity index (χ2v) is 14.2. The van der Waals surface area contributed by atoms with Crippen LogP contribution < -0.4 is 0 Å². The zero-order chi connectivity index (χ0) is 11.4. The first-order chi connectivity index (χ1) is 6.14. The molecule has 2 nitrogen and oxygen atoms in total. The summed E-state index contributed by atoms with van der Waals surface area (Å²) in [7, 11) is -3.06. The van der Waals surface area contributed by atoms with Gasteiger partial charge in [0.05, 0.1) is 0 Å². The average Bonchev–Trinajstić information content (AvgIpc) is 1.78. The number of hydrogen-bond donors (Lipinski definition) is 0. The molecule has 0 aliphatic heterocycles. The number of allylic oxidation sites excluding steroid dienone is 1. The largest absolute Gasteiger partial charge is 0.521 e. The van der Waals surface area contributed by atoms with Gasteiger partial charge in [0, 0.05) is 0 Å². The minimum atomic E-state index is -1.53. The van der Waals surface area contributed by atoms with Crippen molar-refractivity contribution in [2.45, 2.75) is 52.6 Å². The maximum atomic E-state index is 5.87. The minimum Gasteiger partial charge on any atom is -0.521 e. The molecule has 84 valence electrons. The highest BCUT2D eigenvalue weighted by Crippen LogP contribution is 2.17. The monoisotopic (exact) mass is 232 g/mol.